The molecule has 1 aromatic heterocycles. The molecule has 7 heteroatoms. The van der Waals surface area contributed by atoms with Gasteiger partial charge in [0, 0.05) is 40.4 Å². The fourth-order valence-electron chi connectivity index (χ4n) is 2.61. The van der Waals surface area contributed by atoms with Gasteiger partial charge in [0.15, 0.2) is 11.8 Å². The van der Waals surface area contributed by atoms with Gasteiger partial charge in [-0.1, -0.05) is 29.8 Å². The Kier molecular flexibility index (Phi) is 8.26. The van der Waals surface area contributed by atoms with E-state index in [0.717, 1.165) is 50.3 Å². The minimum absolute atomic E-state index is 0.489. The lowest BCUT2D eigenvalue weighted by Crippen LogP contribution is -2.39. The van der Waals surface area contributed by atoms with Crippen LogP contribution in [0.25, 0.3) is 0 Å². The quantitative estimate of drug-likeness (QED) is 0.416. The predicted octanol–water partition coefficient (Wildman–Crippen LogP) is 2.44. The normalized spacial score (nSPS) is 11.7. The van der Waals surface area contributed by atoms with E-state index >= 15 is 0 Å². The van der Waals surface area contributed by atoms with Crippen molar-refractivity contribution in [3.8, 4) is 0 Å². The van der Waals surface area contributed by atoms with Crippen LogP contribution in [0.5, 0.6) is 0 Å². The number of aryl methyl sites for hydroxylation is 2. The van der Waals surface area contributed by atoms with Gasteiger partial charge in [-0.05, 0) is 32.8 Å². The number of rotatable bonds is 9. The van der Waals surface area contributed by atoms with Crippen LogP contribution in [-0.4, -0.2) is 52.4 Å². The number of nitrogens with one attached hydrogen (secondary N) is 1. The highest BCUT2D eigenvalue weighted by Crippen LogP contribution is 2.07. The second-order valence-electron chi connectivity index (χ2n) is 6.68. The zero-order chi connectivity index (χ0) is 19.6. The molecule has 0 unspecified atom stereocenters. The Labute approximate surface area is 162 Å². The number of hydrogen-bond donors (Lipinski definition) is 1. The Balaban J connectivity index is 2.03. The van der Waals surface area contributed by atoms with Gasteiger partial charge in [0.2, 0.25) is 0 Å². The van der Waals surface area contributed by atoms with Gasteiger partial charge in [0.1, 0.15) is 12.4 Å². The molecule has 0 radical (unpaired) electrons. The van der Waals surface area contributed by atoms with E-state index in [2.05, 4.69) is 58.7 Å². The average molecular weight is 373 g/mol. The lowest BCUT2D eigenvalue weighted by Gasteiger charge is -2.23. The van der Waals surface area contributed by atoms with Crippen molar-refractivity contribution in [3.63, 3.8) is 0 Å². The summed E-state index contributed by atoms with van der Waals surface area (Å²) in [6.07, 6.45) is 0.939. The molecule has 0 saturated carbocycles. The van der Waals surface area contributed by atoms with Gasteiger partial charge in [-0.3, -0.25) is 0 Å². The van der Waals surface area contributed by atoms with E-state index in [0.29, 0.717) is 6.54 Å². The lowest BCUT2D eigenvalue weighted by molar-refractivity contribution is 0.145. The Morgan fingerprint density at radius 2 is 1.96 bits per heavy atom. The molecule has 7 nitrogen and oxygen atoms in total. The number of guanidine groups is 1. The highest BCUT2D eigenvalue weighted by molar-refractivity contribution is 5.79. The lowest BCUT2D eigenvalue weighted by atomic mass is 10.1. The molecule has 2 aromatic rings. The molecular formula is C20H32N6O. The molecule has 0 bridgehead atoms. The standard InChI is InChI=1S/C20H32N6O/c1-6-27-13-7-12-21-20(22-14-19-24-23-17(3)26(19)5)25(4)15-18-10-8-16(2)9-11-18/h8-11H,6-7,12-15H2,1-5H3,(H,21,22). The summed E-state index contributed by atoms with van der Waals surface area (Å²) >= 11 is 0. The number of ether oxygens (including phenoxy) is 1. The van der Waals surface area contributed by atoms with E-state index in [-0.39, 0.29) is 0 Å². The molecule has 0 aliphatic heterocycles. The molecule has 27 heavy (non-hydrogen) atoms. The maximum Gasteiger partial charge on any atom is 0.194 e. The van der Waals surface area contributed by atoms with Crippen molar-refractivity contribution in [3.05, 3.63) is 47.0 Å². The third-order valence-corrected chi connectivity index (χ3v) is 4.41. The largest absolute Gasteiger partial charge is 0.382 e. The first-order chi connectivity index (χ1) is 13.0. The van der Waals surface area contributed by atoms with Gasteiger partial charge in [-0.2, -0.15) is 0 Å². The first kappa shape index (κ1) is 20.9. The van der Waals surface area contributed by atoms with Crippen LogP contribution in [0.3, 0.4) is 0 Å². The molecule has 0 amide bonds. The van der Waals surface area contributed by atoms with E-state index in [1.807, 2.05) is 25.5 Å². The summed E-state index contributed by atoms with van der Waals surface area (Å²) < 4.78 is 7.38. The van der Waals surface area contributed by atoms with Gasteiger partial charge in [0.05, 0.1) is 0 Å². The number of nitrogens with zero attached hydrogens (tertiary/aromatic N) is 5. The third-order valence-electron chi connectivity index (χ3n) is 4.41. The van der Waals surface area contributed by atoms with E-state index in [4.69, 9.17) is 9.73 Å². The first-order valence-corrected chi connectivity index (χ1v) is 9.49. The summed E-state index contributed by atoms with van der Waals surface area (Å²) in [6, 6.07) is 8.59. The molecule has 148 valence electrons. The number of aromatic nitrogens is 3. The molecule has 0 saturated heterocycles. The van der Waals surface area contributed by atoms with Crippen molar-refractivity contribution < 1.29 is 4.74 Å². The molecule has 0 spiro atoms. The zero-order valence-electron chi connectivity index (χ0n) is 17.2. The highest BCUT2D eigenvalue weighted by atomic mass is 16.5. The molecule has 0 aliphatic rings. The minimum atomic E-state index is 0.489. The maximum atomic E-state index is 5.42. The van der Waals surface area contributed by atoms with E-state index in [1.54, 1.807) is 0 Å². The van der Waals surface area contributed by atoms with Gasteiger partial charge in [-0.25, -0.2) is 4.99 Å². The smallest absolute Gasteiger partial charge is 0.194 e. The van der Waals surface area contributed by atoms with Gasteiger partial charge in [-0.15, -0.1) is 10.2 Å². The Morgan fingerprint density at radius 1 is 1.22 bits per heavy atom. The van der Waals surface area contributed by atoms with Crippen molar-refractivity contribution in [1.29, 1.82) is 0 Å². The highest BCUT2D eigenvalue weighted by Gasteiger charge is 2.09. The van der Waals surface area contributed by atoms with Crippen LogP contribution in [0.1, 0.15) is 36.1 Å². The number of aliphatic imine (C=N–C) groups is 1. The summed E-state index contributed by atoms with van der Waals surface area (Å²) in [4.78, 5) is 6.90. The fraction of sp³-hybridized carbons (Fsp3) is 0.550. The van der Waals surface area contributed by atoms with Crippen LogP contribution >= 0.6 is 0 Å². The van der Waals surface area contributed by atoms with E-state index < -0.39 is 0 Å². The van der Waals surface area contributed by atoms with Crippen molar-refractivity contribution in [1.82, 2.24) is 25.0 Å². The fourth-order valence-corrected chi connectivity index (χ4v) is 2.61. The molecule has 2 rings (SSSR count). The van der Waals surface area contributed by atoms with Crippen LogP contribution < -0.4 is 5.32 Å². The van der Waals surface area contributed by atoms with Gasteiger partial charge >= 0.3 is 0 Å². The zero-order valence-corrected chi connectivity index (χ0v) is 17.2. The Hall–Kier alpha value is -2.41. The second-order valence-corrected chi connectivity index (χ2v) is 6.68. The summed E-state index contributed by atoms with van der Waals surface area (Å²) in [5, 5.41) is 11.7. The van der Waals surface area contributed by atoms with E-state index in [9.17, 15) is 0 Å². The van der Waals surface area contributed by atoms with Crippen molar-refractivity contribution in [2.75, 3.05) is 26.8 Å². The third kappa shape index (κ3) is 6.67. The topological polar surface area (TPSA) is 67.6 Å². The monoisotopic (exact) mass is 372 g/mol. The number of benzene rings is 1. The molecular weight excluding hydrogens is 340 g/mol. The SMILES string of the molecule is CCOCCCNC(=NCc1nnc(C)n1C)N(C)Cc1ccc(C)cc1. The summed E-state index contributed by atoms with van der Waals surface area (Å²) in [6.45, 7) is 9.65. The summed E-state index contributed by atoms with van der Waals surface area (Å²) in [5.74, 6) is 2.59. The van der Waals surface area contributed by atoms with Crippen LogP contribution in [-0.2, 0) is 24.9 Å². The molecule has 0 aliphatic carbocycles. The Bertz CT molecular complexity index is 723. The van der Waals surface area contributed by atoms with Crippen LogP contribution in [0.2, 0.25) is 0 Å². The summed E-state index contributed by atoms with van der Waals surface area (Å²) in [5.41, 5.74) is 2.52. The van der Waals surface area contributed by atoms with Gasteiger partial charge in [0.25, 0.3) is 0 Å². The maximum absolute atomic E-state index is 5.42. The second kappa shape index (κ2) is 10.7. The summed E-state index contributed by atoms with van der Waals surface area (Å²) in [7, 11) is 4.02. The van der Waals surface area contributed by atoms with Crippen LogP contribution in [0.4, 0.5) is 0 Å². The van der Waals surface area contributed by atoms with Crippen molar-refractivity contribution in [2.45, 2.75) is 40.3 Å². The first-order valence-electron chi connectivity index (χ1n) is 9.49. The molecule has 1 heterocycles. The van der Waals surface area contributed by atoms with Crippen LogP contribution in [0, 0.1) is 13.8 Å². The van der Waals surface area contributed by atoms with Gasteiger partial charge < -0.3 is 19.5 Å². The van der Waals surface area contributed by atoms with Crippen molar-refractivity contribution in [2.24, 2.45) is 12.0 Å². The predicted molar refractivity (Wildman–Crippen MR) is 109 cm³/mol. The average Bonchev–Trinajstić information content (AvgIpc) is 2.97. The molecule has 0 fully saturated rings. The number of hydrogen-bond acceptors (Lipinski definition) is 4. The van der Waals surface area contributed by atoms with E-state index in [1.165, 1.54) is 11.1 Å². The van der Waals surface area contributed by atoms with Crippen LogP contribution in [0.15, 0.2) is 29.3 Å². The molecule has 1 N–H and O–H groups in total. The molecule has 0 atom stereocenters. The Morgan fingerprint density at radius 3 is 2.59 bits per heavy atom. The molecule has 1 aromatic carbocycles. The minimum Gasteiger partial charge on any atom is -0.382 e. The van der Waals surface area contributed by atoms with Crippen molar-refractivity contribution >= 4 is 5.96 Å².